The topological polar surface area (TPSA) is 98.0 Å². The SMILES string of the molecule is COc1ccc(C2CC(c3nc(-c4ccc(C)nn4)no3)NN2)cc1. The first kappa shape index (κ1) is 15.7. The third kappa shape index (κ3) is 3.21. The van der Waals surface area contributed by atoms with Crippen LogP contribution in [0.25, 0.3) is 11.5 Å². The van der Waals surface area contributed by atoms with Gasteiger partial charge in [-0.2, -0.15) is 10.1 Å². The largest absolute Gasteiger partial charge is 0.497 e. The molecule has 4 rings (SSSR count). The maximum atomic E-state index is 5.40. The van der Waals surface area contributed by atoms with E-state index < -0.39 is 0 Å². The van der Waals surface area contributed by atoms with Crippen molar-refractivity contribution in [3.63, 3.8) is 0 Å². The van der Waals surface area contributed by atoms with E-state index in [0.29, 0.717) is 17.4 Å². The lowest BCUT2D eigenvalue weighted by Gasteiger charge is -2.09. The van der Waals surface area contributed by atoms with E-state index in [1.165, 1.54) is 5.56 Å². The van der Waals surface area contributed by atoms with Gasteiger partial charge in [-0.05, 0) is 43.2 Å². The molecule has 0 spiro atoms. The van der Waals surface area contributed by atoms with Crippen LogP contribution in [-0.4, -0.2) is 27.4 Å². The fourth-order valence-electron chi connectivity index (χ4n) is 2.77. The first-order chi connectivity index (χ1) is 12.2. The van der Waals surface area contributed by atoms with Gasteiger partial charge in [0.05, 0.1) is 12.8 Å². The van der Waals surface area contributed by atoms with Gasteiger partial charge in [0.1, 0.15) is 17.5 Å². The summed E-state index contributed by atoms with van der Waals surface area (Å²) in [5.74, 6) is 1.81. The quantitative estimate of drug-likeness (QED) is 0.746. The summed E-state index contributed by atoms with van der Waals surface area (Å²) in [5, 5.41) is 12.1. The molecule has 1 aromatic carbocycles. The lowest BCUT2D eigenvalue weighted by Crippen LogP contribution is -2.26. The number of aromatic nitrogens is 4. The van der Waals surface area contributed by atoms with Crippen molar-refractivity contribution in [1.29, 1.82) is 0 Å². The second-order valence-electron chi connectivity index (χ2n) is 5.92. The van der Waals surface area contributed by atoms with Crippen LogP contribution in [0.1, 0.15) is 35.7 Å². The molecule has 1 saturated heterocycles. The molecule has 0 amide bonds. The average Bonchev–Trinajstić information content (AvgIpc) is 3.32. The van der Waals surface area contributed by atoms with Crippen LogP contribution in [0.4, 0.5) is 0 Å². The van der Waals surface area contributed by atoms with E-state index in [4.69, 9.17) is 9.26 Å². The first-order valence-electron chi connectivity index (χ1n) is 8.02. The van der Waals surface area contributed by atoms with Crippen LogP contribution in [0.2, 0.25) is 0 Å². The molecule has 8 heteroatoms. The average molecular weight is 338 g/mol. The zero-order valence-corrected chi connectivity index (χ0v) is 13.9. The molecule has 2 unspecified atom stereocenters. The van der Waals surface area contributed by atoms with Crippen molar-refractivity contribution in [2.75, 3.05) is 7.11 Å². The number of methoxy groups -OCH3 is 1. The summed E-state index contributed by atoms with van der Waals surface area (Å²) in [6, 6.07) is 11.8. The monoisotopic (exact) mass is 338 g/mol. The highest BCUT2D eigenvalue weighted by atomic mass is 16.5. The maximum Gasteiger partial charge on any atom is 0.245 e. The maximum absolute atomic E-state index is 5.40. The Hall–Kier alpha value is -2.84. The molecule has 1 aliphatic rings. The van der Waals surface area contributed by atoms with E-state index in [1.54, 1.807) is 7.11 Å². The zero-order valence-electron chi connectivity index (χ0n) is 13.9. The molecule has 0 bridgehead atoms. The van der Waals surface area contributed by atoms with Crippen LogP contribution in [0.3, 0.4) is 0 Å². The number of benzene rings is 1. The molecule has 25 heavy (non-hydrogen) atoms. The van der Waals surface area contributed by atoms with Gasteiger partial charge < -0.3 is 9.26 Å². The Bertz CT molecular complexity index is 846. The van der Waals surface area contributed by atoms with Gasteiger partial charge in [0.15, 0.2) is 0 Å². The lowest BCUT2D eigenvalue weighted by atomic mass is 10.0. The smallest absolute Gasteiger partial charge is 0.245 e. The molecule has 2 N–H and O–H groups in total. The Balaban J connectivity index is 1.47. The fraction of sp³-hybridized carbons (Fsp3) is 0.294. The van der Waals surface area contributed by atoms with Gasteiger partial charge in [-0.1, -0.05) is 17.3 Å². The molecule has 1 aliphatic heterocycles. The highest BCUT2D eigenvalue weighted by Gasteiger charge is 2.30. The number of hydrogen-bond donors (Lipinski definition) is 2. The summed E-state index contributed by atoms with van der Waals surface area (Å²) in [6.45, 7) is 1.88. The number of rotatable bonds is 4. The summed E-state index contributed by atoms with van der Waals surface area (Å²) in [7, 11) is 1.66. The van der Waals surface area contributed by atoms with Crippen molar-refractivity contribution in [3.05, 3.63) is 53.5 Å². The highest BCUT2D eigenvalue weighted by Crippen LogP contribution is 2.31. The fourth-order valence-corrected chi connectivity index (χ4v) is 2.77. The molecule has 0 aliphatic carbocycles. The standard InChI is InChI=1S/C17H18N6O2/c1-10-3-8-13(20-19-10)16-18-17(25-23-16)15-9-14(21-22-15)11-4-6-12(24-2)7-5-11/h3-8,14-15,21-22H,9H2,1-2H3. The van der Waals surface area contributed by atoms with E-state index in [0.717, 1.165) is 17.9 Å². The van der Waals surface area contributed by atoms with Gasteiger partial charge in [-0.25, -0.2) is 10.9 Å². The molecule has 2 aromatic heterocycles. The van der Waals surface area contributed by atoms with Crippen LogP contribution in [0, 0.1) is 6.92 Å². The third-order valence-electron chi connectivity index (χ3n) is 4.19. The Labute approximate surface area is 144 Å². The minimum atomic E-state index is -0.0632. The van der Waals surface area contributed by atoms with E-state index in [1.807, 2.05) is 43.3 Å². The summed E-state index contributed by atoms with van der Waals surface area (Å²) < 4.78 is 10.6. The second kappa shape index (κ2) is 6.58. The molecular weight excluding hydrogens is 320 g/mol. The number of hydrazine groups is 1. The van der Waals surface area contributed by atoms with E-state index >= 15 is 0 Å². The minimum absolute atomic E-state index is 0.0632. The van der Waals surface area contributed by atoms with E-state index in [-0.39, 0.29) is 12.1 Å². The number of ether oxygens (including phenoxy) is 1. The van der Waals surface area contributed by atoms with E-state index in [9.17, 15) is 0 Å². The van der Waals surface area contributed by atoms with Crippen molar-refractivity contribution in [2.45, 2.75) is 25.4 Å². The van der Waals surface area contributed by atoms with Crippen molar-refractivity contribution in [3.8, 4) is 17.3 Å². The highest BCUT2D eigenvalue weighted by molar-refractivity contribution is 5.46. The van der Waals surface area contributed by atoms with Crippen LogP contribution in [-0.2, 0) is 0 Å². The first-order valence-corrected chi connectivity index (χ1v) is 8.02. The van der Waals surface area contributed by atoms with Crippen molar-refractivity contribution in [1.82, 2.24) is 31.2 Å². The lowest BCUT2D eigenvalue weighted by molar-refractivity contribution is 0.340. The second-order valence-corrected chi connectivity index (χ2v) is 5.92. The summed E-state index contributed by atoms with van der Waals surface area (Å²) in [5.41, 5.74) is 9.09. The Kier molecular flexibility index (Phi) is 4.12. The Morgan fingerprint density at radius 3 is 2.56 bits per heavy atom. The number of aryl methyl sites for hydroxylation is 1. The third-order valence-corrected chi connectivity index (χ3v) is 4.19. The van der Waals surface area contributed by atoms with Gasteiger partial charge in [-0.15, -0.1) is 5.10 Å². The van der Waals surface area contributed by atoms with Gasteiger partial charge in [0, 0.05) is 6.04 Å². The molecule has 0 radical (unpaired) electrons. The van der Waals surface area contributed by atoms with E-state index in [2.05, 4.69) is 31.2 Å². The van der Waals surface area contributed by atoms with Crippen molar-refractivity contribution < 1.29 is 9.26 Å². The predicted octanol–water partition coefficient (Wildman–Crippen LogP) is 2.12. The van der Waals surface area contributed by atoms with Crippen molar-refractivity contribution in [2.24, 2.45) is 0 Å². The summed E-state index contributed by atoms with van der Waals surface area (Å²) in [4.78, 5) is 4.44. The van der Waals surface area contributed by atoms with Crippen LogP contribution >= 0.6 is 0 Å². The number of nitrogens with one attached hydrogen (secondary N) is 2. The van der Waals surface area contributed by atoms with Crippen LogP contribution < -0.4 is 15.6 Å². The number of nitrogens with zero attached hydrogens (tertiary/aromatic N) is 4. The zero-order chi connectivity index (χ0) is 17.2. The molecule has 2 atom stereocenters. The summed E-state index contributed by atoms with van der Waals surface area (Å²) in [6.07, 6.45) is 0.799. The normalized spacial score (nSPS) is 19.9. The molecule has 1 fully saturated rings. The van der Waals surface area contributed by atoms with Gasteiger partial charge in [0.25, 0.3) is 0 Å². The summed E-state index contributed by atoms with van der Waals surface area (Å²) >= 11 is 0. The molecule has 0 saturated carbocycles. The molecule has 3 aromatic rings. The molecular formula is C17H18N6O2. The predicted molar refractivity (Wildman–Crippen MR) is 89.4 cm³/mol. The van der Waals surface area contributed by atoms with Crippen LogP contribution in [0.5, 0.6) is 5.75 Å². The molecule has 8 nitrogen and oxygen atoms in total. The van der Waals surface area contributed by atoms with Crippen LogP contribution in [0.15, 0.2) is 40.9 Å². The Morgan fingerprint density at radius 2 is 1.84 bits per heavy atom. The Morgan fingerprint density at radius 1 is 1.04 bits per heavy atom. The van der Waals surface area contributed by atoms with Gasteiger partial charge >= 0.3 is 0 Å². The molecule has 128 valence electrons. The minimum Gasteiger partial charge on any atom is -0.497 e. The van der Waals surface area contributed by atoms with Crippen molar-refractivity contribution >= 4 is 0 Å². The van der Waals surface area contributed by atoms with Gasteiger partial charge in [0.2, 0.25) is 11.7 Å². The number of hydrogen-bond acceptors (Lipinski definition) is 8. The molecule has 3 heterocycles. The van der Waals surface area contributed by atoms with Gasteiger partial charge in [-0.3, -0.25) is 0 Å².